The number of carbonyl (C=O) groups is 1. The first kappa shape index (κ1) is 13.6. The number of amides is 1. The van der Waals surface area contributed by atoms with Crippen molar-refractivity contribution in [2.24, 2.45) is 20.0 Å². The first-order valence-electron chi connectivity index (χ1n) is 7.95. The number of hydrogen-bond acceptors (Lipinski definition) is 2. The second-order valence-electron chi connectivity index (χ2n) is 6.80. The smallest absolute Gasteiger partial charge is 0.260 e. The summed E-state index contributed by atoms with van der Waals surface area (Å²) < 4.78 is 3.48. The topological polar surface area (TPSA) is 47.2 Å². The minimum Gasteiger partial charge on any atom is -0.349 e. The van der Waals surface area contributed by atoms with Gasteiger partial charge >= 0.3 is 0 Å². The van der Waals surface area contributed by atoms with Crippen molar-refractivity contribution in [3.05, 3.63) is 33.9 Å². The summed E-state index contributed by atoms with van der Waals surface area (Å²) in [5.74, 6) is 0.716. The molecule has 1 atom stereocenters. The van der Waals surface area contributed by atoms with Gasteiger partial charge < -0.3 is 14.0 Å². The Balaban J connectivity index is 1.85. The van der Waals surface area contributed by atoms with E-state index in [1.54, 1.807) is 11.6 Å². The van der Waals surface area contributed by atoms with Crippen LogP contribution >= 0.6 is 0 Å². The van der Waals surface area contributed by atoms with Gasteiger partial charge in [-0.1, -0.05) is 0 Å². The van der Waals surface area contributed by atoms with Crippen LogP contribution in [0.2, 0.25) is 0 Å². The molecule has 0 radical (unpaired) electrons. The highest BCUT2D eigenvalue weighted by Crippen LogP contribution is 2.41. The zero-order valence-corrected chi connectivity index (χ0v) is 13.3. The second-order valence-corrected chi connectivity index (χ2v) is 6.80. The van der Waals surface area contributed by atoms with E-state index in [1.807, 2.05) is 35.8 Å². The molecule has 1 aliphatic heterocycles. The van der Waals surface area contributed by atoms with Crippen LogP contribution < -0.4 is 5.56 Å². The van der Waals surface area contributed by atoms with E-state index in [1.165, 1.54) is 12.8 Å². The number of likely N-dealkylation sites (tertiary alicyclic amines) is 1. The van der Waals surface area contributed by atoms with Gasteiger partial charge in [0, 0.05) is 39.1 Å². The number of fused-ring (bicyclic) bond motifs is 1. The van der Waals surface area contributed by atoms with Crippen LogP contribution in [0.25, 0.3) is 10.9 Å². The predicted molar refractivity (Wildman–Crippen MR) is 85.1 cm³/mol. The molecule has 1 unspecified atom stereocenters. The number of aromatic nitrogens is 2. The van der Waals surface area contributed by atoms with Crippen LogP contribution in [-0.4, -0.2) is 32.5 Å². The lowest BCUT2D eigenvalue weighted by Gasteiger charge is -2.41. The molecule has 4 rings (SSSR count). The molecule has 22 heavy (non-hydrogen) atoms. The van der Waals surface area contributed by atoms with Crippen LogP contribution in [0.15, 0.2) is 17.2 Å². The summed E-state index contributed by atoms with van der Waals surface area (Å²) in [5, 5.41) is 0.566. The van der Waals surface area contributed by atoms with Crippen LogP contribution in [0.5, 0.6) is 0 Å². The maximum atomic E-state index is 12.9. The Labute approximate surface area is 129 Å². The van der Waals surface area contributed by atoms with E-state index in [0.29, 0.717) is 22.9 Å². The normalized spacial score (nSPS) is 21.2. The van der Waals surface area contributed by atoms with Crippen molar-refractivity contribution < 1.29 is 4.79 Å². The van der Waals surface area contributed by atoms with Gasteiger partial charge in [0.1, 0.15) is 0 Å². The van der Waals surface area contributed by atoms with Gasteiger partial charge in [-0.2, -0.15) is 0 Å². The van der Waals surface area contributed by atoms with Gasteiger partial charge in [-0.25, -0.2) is 0 Å². The Morgan fingerprint density at radius 3 is 2.45 bits per heavy atom. The van der Waals surface area contributed by atoms with E-state index in [-0.39, 0.29) is 11.5 Å². The summed E-state index contributed by atoms with van der Waals surface area (Å²) in [6.45, 7) is 2.80. The van der Waals surface area contributed by atoms with Crippen molar-refractivity contribution in [2.75, 3.05) is 6.54 Å². The van der Waals surface area contributed by atoms with Gasteiger partial charge in [0.15, 0.2) is 0 Å². The highest BCUT2D eigenvalue weighted by atomic mass is 16.2. The summed E-state index contributed by atoms with van der Waals surface area (Å²) in [6.07, 6.45) is 7.24. The number of nitrogens with zero attached hydrogens (tertiary/aromatic N) is 3. The van der Waals surface area contributed by atoms with Crippen molar-refractivity contribution in [1.82, 2.24) is 14.0 Å². The molecular formula is C17H21N3O2. The molecule has 0 bridgehead atoms. The molecule has 5 heteroatoms. The fourth-order valence-corrected chi connectivity index (χ4v) is 3.85. The zero-order chi connectivity index (χ0) is 15.6. The molecule has 2 aromatic rings. The minimum atomic E-state index is -0.0898. The monoisotopic (exact) mass is 299 g/mol. The van der Waals surface area contributed by atoms with Crippen LogP contribution in [0.4, 0.5) is 0 Å². The Kier molecular flexibility index (Phi) is 2.77. The molecule has 0 N–H and O–H groups in total. The molecule has 1 saturated carbocycles. The van der Waals surface area contributed by atoms with Crippen molar-refractivity contribution in [2.45, 2.75) is 32.2 Å². The van der Waals surface area contributed by atoms with Crippen LogP contribution in [0.1, 0.15) is 35.2 Å². The molecule has 1 saturated heterocycles. The predicted octanol–water partition coefficient (Wildman–Crippen LogP) is 1.81. The number of aryl methyl sites for hydroxylation is 3. The summed E-state index contributed by atoms with van der Waals surface area (Å²) in [5.41, 5.74) is 2.36. The first-order valence-corrected chi connectivity index (χ1v) is 7.95. The quantitative estimate of drug-likeness (QED) is 0.849. The lowest BCUT2D eigenvalue weighted by Crippen LogP contribution is -2.52. The number of hydrogen-bond donors (Lipinski definition) is 0. The SMILES string of the molecule is Cc1cn(C)c(=O)c2c(C(=O)N3CCC3C3CC3)cn(C)c12. The lowest BCUT2D eigenvalue weighted by molar-refractivity contribution is 0.0413. The molecule has 2 aromatic heterocycles. The fourth-order valence-electron chi connectivity index (χ4n) is 3.85. The maximum absolute atomic E-state index is 12.9. The van der Waals surface area contributed by atoms with E-state index in [4.69, 9.17) is 0 Å². The molecule has 116 valence electrons. The molecule has 1 amide bonds. The van der Waals surface area contributed by atoms with Gasteiger partial charge in [-0.15, -0.1) is 0 Å². The van der Waals surface area contributed by atoms with Gasteiger partial charge in [-0.05, 0) is 37.7 Å². The van der Waals surface area contributed by atoms with Crippen molar-refractivity contribution in [3.63, 3.8) is 0 Å². The first-order chi connectivity index (χ1) is 10.5. The van der Waals surface area contributed by atoms with Gasteiger partial charge in [0.2, 0.25) is 0 Å². The summed E-state index contributed by atoms with van der Waals surface area (Å²) in [6, 6.07) is 0.399. The van der Waals surface area contributed by atoms with Gasteiger partial charge in [0.05, 0.1) is 16.5 Å². The second kappa shape index (κ2) is 4.48. The largest absolute Gasteiger partial charge is 0.349 e. The van der Waals surface area contributed by atoms with E-state index < -0.39 is 0 Å². The third-order valence-corrected chi connectivity index (χ3v) is 5.20. The van der Waals surface area contributed by atoms with Crippen LogP contribution in [0.3, 0.4) is 0 Å². The Bertz CT molecular complexity index is 842. The molecule has 1 aliphatic carbocycles. The highest BCUT2D eigenvalue weighted by molar-refractivity contribution is 6.07. The highest BCUT2D eigenvalue weighted by Gasteiger charge is 2.43. The summed E-state index contributed by atoms with van der Waals surface area (Å²) >= 11 is 0. The van der Waals surface area contributed by atoms with Crippen molar-refractivity contribution in [1.29, 1.82) is 0 Å². The molecule has 3 heterocycles. The Hall–Kier alpha value is -2.04. The third-order valence-electron chi connectivity index (χ3n) is 5.20. The third kappa shape index (κ3) is 1.77. The minimum absolute atomic E-state index is 0.0245. The van der Waals surface area contributed by atoms with Crippen molar-refractivity contribution >= 4 is 16.8 Å². The molecule has 2 fully saturated rings. The van der Waals surface area contributed by atoms with Crippen molar-refractivity contribution in [3.8, 4) is 0 Å². The number of pyridine rings is 1. The van der Waals surface area contributed by atoms with E-state index >= 15 is 0 Å². The molecule has 2 aliphatic rings. The van der Waals surface area contributed by atoms with Crippen LogP contribution in [-0.2, 0) is 14.1 Å². The molecule has 0 aromatic carbocycles. The average molecular weight is 299 g/mol. The average Bonchev–Trinajstić information content (AvgIpc) is 3.16. The molecule has 5 nitrogen and oxygen atoms in total. The standard InChI is InChI=1S/C17H21N3O2/c1-10-8-19(3)17(22)14-12(9-18(2)15(10)14)16(21)20-7-6-13(20)11-4-5-11/h8-9,11,13H,4-7H2,1-3H3. The van der Waals surface area contributed by atoms with E-state index in [2.05, 4.69) is 0 Å². The molecule has 0 spiro atoms. The Morgan fingerprint density at radius 1 is 1.14 bits per heavy atom. The number of carbonyl (C=O) groups excluding carboxylic acids is 1. The number of rotatable bonds is 2. The fraction of sp³-hybridized carbons (Fsp3) is 0.529. The van der Waals surface area contributed by atoms with Crippen LogP contribution in [0, 0.1) is 12.8 Å². The molecular weight excluding hydrogens is 278 g/mol. The van der Waals surface area contributed by atoms with E-state index in [0.717, 1.165) is 24.0 Å². The zero-order valence-electron chi connectivity index (χ0n) is 13.3. The van der Waals surface area contributed by atoms with E-state index in [9.17, 15) is 9.59 Å². The summed E-state index contributed by atoms with van der Waals surface area (Å²) in [7, 11) is 3.65. The maximum Gasteiger partial charge on any atom is 0.260 e. The lowest BCUT2D eigenvalue weighted by atomic mass is 9.96. The van der Waals surface area contributed by atoms with Gasteiger partial charge in [0.25, 0.3) is 11.5 Å². The Morgan fingerprint density at radius 2 is 1.86 bits per heavy atom. The van der Waals surface area contributed by atoms with Gasteiger partial charge in [-0.3, -0.25) is 9.59 Å². The summed E-state index contributed by atoms with van der Waals surface area (Å²) in [4.78, 5) is 27.5.